The van der Waals surface area contributed by atoms with Crippen molar-refractivity contribution in [2.45, 2.75) is 71.9 Å². The molecular formula is C15H24N4O4. The van der Waals surface area contributed by atoms with Gasteiger partial charge in [-0.05, 0) is 41.5 Å². The van der Waals surface area contributed by atoms with Gasteiger partial charge in [0.2, 0.25) is 0 Å². The van der Waals surface area contributed by atoms with Crippen molar-refractivity contribution in [3.63, 3.8) is 0 Å². The average molecular weight is 324 g/mol. The molecule has 2 aliphatic heterocycles. The molecule has 1 aromatic heterocycles. The van der Waals surface area contributed by atoms with Crippen LogP contribution in [0.25, 0.3) is 0 Å². The number of hydrogen-bond acceptors (Lipinski definition) is 6. The zero-order valence-corrected chi connectivity index (χ0v) is 14.4. The lowest BCUT2D eigenvalue weighted by atomic mass is 10.0. The predicted molar refractivity (Wildman–Crippen MR) is 82.1 cm³/mol. The highest BCUT2D eigenvalue weighted by Gasteiger charge is 2.47. The van der Waals surface area contributed by atoms with Crippen LogP contribution < -0.4 is 5.73 Å². The van der Waals surface area contributed by atoms with Crippen LogP contribution in [-0.2, 0) is 26.3 Å². The average Bonchev–Trinajstić information content (AvgIpc) is 2.80. The molecule has 3 heterocycles. The molecule has 128 valence electrons. The molecule has 0 radical (unpaired) electrons. The van der Waals surface area contributed by atoms with Crippen LogP contribution in [0.5, 0.6) is 0 Å². The van der Waals surface area contributed by atoms with E-state index >= 15 is 0 Å². The van der Waals surface area contributed by atoms with Crippen LogP contribution in [-0.4, -0.2) is 32.7 Å². The van der Waals surface area contributed by atoms with Gasteiger partial charge in [0.05, 0.1) is 17.8 Å². The zero-order valence-electron chi connectivity index (χ0n) is 14.4. The summed E-state index contributed by atoms with van der Waals surface area (Å²) in [6, 6.07) is 0. The molecule has 1 amide bonds. The van der Waals surface area contributed by atoms with Crippen molar-refractivity contribution in [2.75, 3.05) is 5.73 Å². The van der Waals surface area contributed by atoms with E-state index < -0.39 is 17.6 Å². The minimum Gasteiger partial charge on any atom is -0.444 e. The van der Waals surface area contributed by atoms with Crippen LogP contribution in [0.1, 0.15) is 59.2 Å². The third kappa shape index (κ3) is 2.55. The lowest BCUT2D eigenvalue weighted by Gasteiger charge is -2.35. The maximum Gasteiger partial charge on any atom is 0.411 e. The first-order chi connectivity index (χ1) is 10.5. The minimum atomic E-state index is -0.619. The zero-order chi connectivity index (χ0) is 17.2. The van der Waals surface area contributed by atoms with E-state index in [4.69, 9.17) is 19.9 Å². The Labute approximate surface area is 135 Å². The molecule has 23 heavy (non-hydrogen) atoms. The molecule has 0 atom stereocenters. The molecule has 0 spiro atoms. The molecule has 1 fully saturated rings. The summed E-state index contributed by atoms with van der Waals surface area (Å²) in [7, 11) is 0. The van der Waals surface area contributed by atoms with Gasteiger partial charge in [0, 0.05) is 5.56 Å². The fourth-order valence-corrected chi connectivity index (χ4v) is 2.84. The van der Waals surface area contributed by atoms with Crippen LogP contribution >= 0.6 is 0 Å². The van der Waals surface area contributed by atoms with E-state index in [-0.39, 0.29) is 12.4 Å². The topological polar surface area (TPSA) is 91.8 Å². The van der Waals surface area contributed by atoms with E-state index in [2.05, 4.69) is 5.10 Å². The molecule has 0 unspecified atom stereocenters. The van der Waals surface area contributed by atoms with E-state index in [9.17, 15) is 4.79 Å². The maximum absolute atomic E-state index is 12.5. The van der Waals surface area contributed by atoms with Gasteiger partial charge in [-0.15, -0.1) is 0 Å². The summed E-state index contributed by atoms with van der Waals surface area (Å²) in [5.74, 6) is 0.455. The van der Waals surface area contributed by atoms with Gasteiger partial charge in [-0.2, -0.15) is 9.78 Å². The number of rotatable bonds is 1. The number of aromatic nitrogens is 2. The number of carbonyl (C=O) groups excluding carboxylic acids is 1. The molecule has 0 aromatic carbocycles. The molecule has 3 rings (SSSR count). The lowest BCUT2D eigenvalue weighted by molar-refractivity contribution is -0.414. The van der Waals surface area contributed by atoms with Crippen molar-refractivity contribution in [2.24, 2.45) is 0 Å². The van der Waals surface area contributed by atoms with E-state index in [1.165, 1.54) is 4.68 Å². The largest absolute Gasteiger partial charge is 0.444 e. The van der Waals surface area contributed by atoms with Gasteiger partial charge in [0.1, 0.15) is 11.4 Å². The van der Waals surface area contributed by atoms with Gasteiger partial charge in [-0.3, -0.25) is 4.90 Å². The molecule has 1 aromatic rings. The van der Waals surface area contributed by atoms with E-state index in [1.54, 1.807) is 11.8 Å². The number of nitrogens with two attached hydrogens (primary N) is 1. The molecule has 2 N–H and O–H groups in total. The van der Waals surface area contributed by atoms with Crippen LogP contribution in [0.15, 0.2) is 0 Å². The third-order valence-electron chi connectivity index (χ3n) is 4.05. The van der Waals surface area contributed by atoms with Crippen molar-refractivity contribution in [3.8, 4) is 0 Å². The Morgan fingerprint density at radius 3 is 2.48 bits per heavy atom. The van der Waals surface area contributed by atoms with Gasteiger partial charge in [-0.25, -0.2) is 4.79 Å². The summed E-state index contributed by atoms with van der Waals surface area (Å²) in [6.07, 6.45) is -1.23. The van der Waals surface area contributed by atoms with E-state index in [0.717, 1.165) is 11.3 Å². The van der Waals surface area contributed by atoms with Crippen molar-refractivity contribution in [1.29, 1.82) is 0 Å². The van der Waals surface area contributed by atoms with Crippen LogP contribution in [0.2, 0.25) is 0 Å². The predicted octanol–water partition coefficient (Wildman–Crippen LogP) is 2.30. The second kappa shape index (κ2) is 4.85. The van der Waals surface area contributed by atoms with Gasteiger partial charge in [0.25, 0.3) is 6.41 Å². The quantitative estimate of drug-likeness (QED) is 0.852. The minimum absolute atomic E-state index is 0.260. The molecular weight excluding hydrogens is 300 g/mol. The van der Waals surface area contributed by atoms with E-state index in [1.807, 2.05) is 34.6 Å². The highest BCUT2D eigenvalue weighted by atomic mass is 16.9. The molecule has 1 saturated heterocycles. The summed E-state index contributed by atoms with van der Waals surface area (Å²) in [6.45, 7) is 11.5. The second-order valence-corrected chi connectivity index (χ2v) is 7.43. The molecule has 0 aliphatic carbocycles. The molecule has 2 aliphatic rings. The summed E-state index contributed by atoms with van der Waals surface area (Å²) < 4.78 is 17.9. The van der Waals surface area contributed by atoms with Gasteiger partial charge < -0.3 is 19.9 Å². The highest BCUT2D eigenvalue weighted by Crippen LogP contribution is 2.43. The fourth-order valence-electron chi connectivity index (χ4n) is 2.84. The van der Waals surface area contributed by atoms with Crippen molar-refractivity contribution in [3.05, 3.63) is 11.3 Å². The number of anilines is 1. The standard InChI is InChI=1S/C15H24N4O4/c1-8-21-13(22-8)19-11(16)9-7-18(12(20)23-14(2,3)4)15(5,6)10(9)17-19/h8,13H,7,16H2,1-6H3. The van der Waals surface area contributed by atoms with Crippen LogP contribution in [0, 0.1) is 0 Å². The van der Waals surface area contributed by atoms with Crippen LogP contribution in [0.4, 0.5) is 10.6 Å². The van der Waals surface area contributed by atoms with E-state index in [0.29, 0.717) is 12.4 Å². The normalized spacial score (nSPS) is 25.9. The number of carbonyl (C=O) groups is 1. The third-order valence-corrected chi connectivity index (χ3v) is 4.05. The summed E-state index contributed by atoms with van der Waals surface area (Å²) in [5.41, 5.74) is 6.57. The Balaban J connectivity index is 1.86. The first-order valence-corrected chi connectivity index (χ1v) is 7.69. The number of nitrogens with zero attached hydrogens (tertiary/aromatic N) is 3. The SMILES string of the molecule is CC1OC(n2nc3c(c2N)CN(C(=O)OC(C)(C)C)C3(C)C)O1. The van der Waals surface area contributed by atoms with Crippen molar-refractivity contribution >= 4 is 11.9 Å². The Bertz CT molecular complexity index is 641. The number of ether oxygens (including phenoxy) is 3. The number of nitrogen functional groups attached to an aromatic ring is 1. The Morgan fingerprint density at radius 1 is 1.39 bits per heavy atom. The lowest BCUT2D eigenvalue weighted by Crippen LogP contribution is -2.44. The summed E-state index contributed by atoms with van der Waals surface area (Å²) in [5, 5.41) is 4.52. The Morgan fingerprint density at radius 2 is 2.00 bits per heavy atom. The maximum atomic E-state index is 12.5. The van der Waals surface area contributed by atoms with Crippen molar-refractivity contribution < 1.29 is 19.0 Å². The first-order valence-electron chi connectivity index (χ1n) is 7.69. The number of fused-ring (bicyclic) bond motifs is 1. The highest BCUT2D eigenvalue weighted by molar-refractivity contribution is 5.72. The Kier molecular flexibility index (Phi) is 3.39. The van der Waals surface area contributed by atoms with Crippen LogP contribution in [0.3, 0.4) is 0 Å². The molecule has 0 bridgehead atoms. The Hall–Kier alpha value is -1.80. The summed E-state index contributed by atoms with van der Waals surface area (Å²) in [4.78, 5) is 14.1. The summed E-state index contributed by atoms with van der Waals surface area (Å²) >= 11 is 0. The number of hydrogen-bond donors (Lipinski definition) is 1. The van der Waals surface area contributed by atoms with Crippen molar-refractivity contribution in [1.82, 2.24) is 14.7 Å². The second-order valence-electron chi connectivity index (χ2n) is 7.43. The fraction of sp³-hybridized carbons (Fsp3) is 0.733. The monoisotopic (exact) mass is 324 g/mol. The van der Waals surface area contributed by atoms with Gasteiger partial charge in [-0.1, -0.05) is 0 Å². The molecule has 8 nitrogen and oxygen atoms in total. The van der Waals surface area contributed by atoms with Gasteiger partial charge in [0.15, 0.2) is 6.29 Å². The molecule has 0 saturated carbocycles. The number of amides is 1. The first kappa shape index (κ1) is 16.1. The molecule has 8 heteroatoms. The smallest absolute Gasteiger partial charge is 0.411 e. The van der Waals surface area contributed by atoms with Gasteiger partial charge >= 0.3 is 6.09 Å².